The Labute approximate surface area is 150 Å². The number of nitro benzene ring substituents is 1. The van der Waals surface area contributed by atoms with Gasteiger partial charge in [0.1, 0.15) is 0 Å². The third-order valence-corrected chi connectivity index (χ3v) is 4.26. The summed E-state index contributed by atoms with van der Waals surface area (Å²) in [6.45, 7) is 0.403. The average molecular weight is 350 g/mol. The molecule has 3 aromatic rings. The van der Waals surface area contributed by atoms with Crippen LogP contribution in [0.4, 0.5) is 5.69 Å². The van der Waals surface area contributed by atoms with Crippen molar-refractivity contribution >= 4 is 22.4 Å². The molecular weight excluding hydrogens is 332 g/mol. The van der Waals surface area contributed by atoms with Crippen molar-refractivity contribution in [3.05, 3.63) is 81.9 Å². The van der Waals surface area contributed by atoms with E-state index in [0.717, 1.165) is 16.3 Å². The van der Waals surface area contributed by atoms with Crippen LogP contribution in [-0.2, 0) is 6.54 Å². The number of carbonyl (C=O) groups excluding carboxylic acids is 1. The van der Waals surface area contributed by atoms with Gasteiger partial charge in [0.05, 0.1) is 12.0 Å². The number of hydrogen-bond donors (Lipinski definition) is 0. The Morgan fingerprint density at radius 2 is 1.85 bits per heavy atom. The SMILES string of the molecule is COc1ccc(C(=O)N(C)Cc2cccc3ccccc23)cc1[N+](=O)[O-]. The number of rotatable bonds is 5. The second kappa shape index (κ2) is 7.23. The average Bonchev–Trinajstić information content (AvgIpc) is 2.67. The lowest BCUT2D eigenvalue weighted by Crippen LogP contribution is -2.26. The number of fused-ring (bicyclic) bond motifs is 1. The van der Waals surface area contributed by atoms with Crippen LogP contribution in [0.25, 0.3) is 10.8 Å². The Hall–Kier alpha value is -3.41. The molecule has 0 spiro atoms. The van der Waals surface area contributed by atoms with E-state index in [1.54, 1.807) is 11.9 Å². The van der Waals surface area contributed by atoms with Crippen molar-refractivity contribution in [2.45, 2.75) is 6.54 Å². The van der Waals surface area contributed by atoms with Crippen molar-refractivity contribution in [2.75, 3.05) is 14.2 Å². The summed E-state index contributed by atoms with van der Waals surface area (Å²) in [4.78, 5) is 24.9. The minimum Gasteiger partial charge on any atom is -0.490 e. The molecule has 132 valence electrons. The Kier molecular flexibility index (Phi) is 4.84. The van der Waals surface area contributed by atoms with Gasteiger partial charge in [-0.15, -0.1) is 0 Å². The van der Waals surface area contributed by atoms with Crippen molar-refractivity contribution in [3.8, 4) is 5.75 Å². The lowest BCUT2D eigenvalue weighted by molar-refractivity contribution is -0.385. The minimum atomic E-state index is -0.555. The first-order chi connectivity index (χ1) is 12.5. The Balaban J connectivity index is 1.88. The number of carbonyl (C=O) groups is 1. The molecule has 0 radical (unpaired) electrons. The number of benzene rings is 3. The first-order valence-corrected chi connectivity index (χ1v) is 8.06. The maximum atomic E-state index is 12.7. The normalized spacial score (nSPS) is 10.5. The smallest absolute Gasteiger partial charge is 0.311 e. The molecule has 1 amide bonds. The Morgan fingerprint density at radius 3 is 2.58 bits per heavy atom. The number of nitrogens with zero attached hydrogens (tertiary/aromatic N) is 2. The van der Waals surface area contributed by atoms with Crippen molar-refractivity contribution in [1.29, 1.82) is 0 Å². The summed E-state index contributed by atoms with van der Waals surface area (Å²) in [5.41, 5.74) is 1.04. The van der Waals surface area contributed by atoms with E-state index in [2.05, 4.69) is 0 Å². The summed E-state index contributed by atoms with van der Waals surface area (Å²) >= 11 is 0. The fourth-order valence-electron chi connectivity index (χ4n) is 2.94. The van der Waals surface area contributed by atoms with Gasteiger partial charge in [0, 0.05) is 25.2 Å². The fraction of sp³-hybridized carbons (Fsp3) is 0.150. The van der Waals surface area contributed by atoms with Crippen molar-refractivity contribution in [2.24, 2.45) is 0 Å². The maximum absolute atomic E-state index is 12.7. The van der Waals surface area contributed by atoms with Gasteiger partial charge in [0.2, 0.25) is 0 Å². The van der Waals surface area contributed by atoms with Gasteiger partial charge in [-0.1, -0.05) is 42.5 Å². The topological polar surface area (TPSA) is 72.7 Å². The molecule has 6 nitrogen and oxygen atoms in total. The maximum Gasteiger partial charge on any atom is 0.311 e. The summed E-state index contributed by atoms with van der Waals surface area (Å²) in [5.74, 6) is -0.160. The molecule has 0 fully saturated rings. The number of methoxy groups -OCH3 is 1. The van der Waals surface area contributed by atoms with Gasteiger partial charge in [0.25, 0.3) is 5.91 Å². The van der Waals surface area contributed by atoms with Crippen molar-refractivity contribution in [3.63, 3.8) is 0 Å². The highest BCUT2D eigenvalue weighted by Gasteiger charge is 2.20. The van der Waals surface area contributed by atoms with Gasteiger partial charge >= 0.3 is 5.69 Å². The van der Waals surface area contributed by atoms with Gasteiger partial charge < -0.3 is 9.64 Å². The summed E-state index contributed by atoms with van der Waals surface area (Å²) < 4.78 is 4.98. The van der Waals surface area contributed by atoms with Gasteiger partial charge in [0.15, 0.2) is 5.75 Å². The van der Waals surface area contributed by atoms with Crippen LogP contribution in [0.5, 0.6) is 5.75 Å². The highest BCUT2D eigenvalue weighted by atomic mass is 16.6. The fourth-order valence-corrected chi connectivity index (χ4v) is 2.94. The molecule has 3 aromatic carbocycles. The van der Waals surface area contributed by atoms with Gasteiger partial charge in [-0.3, -0.25) is 14.9 Å². The molecular formula is C20H18N2O4. The van der Waals surface area contributed by atoms with Crippen LogP contribution in [0.2, 0.25) is 0 Å². The lowest BCUT2D eigenvalue weighted by atomic mass is 10.0. The predicted molar refractivity (Wildman–Crippen MR) is 99.4 cm³/mol. The van der Waals surface area contributed by atoms with Crippen LogP contribution in [0.3, 0.4) is 0 Å². The van der Waals surface area contributed by atoms with Gasteiger partial charge in [-0.25, -0.2) is 0 Å². The molecule has 0 atom stereocenters. The molecule has 26 heavy (non-hydrogen) atoms. The molecule has 3 rings (SSSR count). The van der Waals surface area contributed by atoms with Crippen LogP contribution in [0, 0.1) is 10.1 Å². The number of ether oxygens (including phenoxy) is 1. The molecule has 0 unspecified atom stereocenters. The second-order valence-corrected chi connectivity index (χ2v) is 5.94. The first-order valence-electron chi connectivity index (χ1n) is 8.06. The van der Waals surface area contributed by atoms with Crippen LogP contribution >= 0.6 is 0 Å². The standard InChI is InChI=1S/C20H18N2O4/c1-21(13-16-8-5-7-14-6-3-4-9-17(14)16)20(23)15-10-11-19(26-2)18(12-15)22(24)25/h3-12H,13H2,1-2H3. The van der Waals surface area contributed by atoms with E-state index in [1.165, 1.54) is 25.3 Å². The molecule has 6 heteroatoms. The van der Waals surface area contributed by atoms with E-state index in [1.807, 2.05) is 42.5 Å². The lowest BCUT2D eigenvalue weighted by Gasteiger charge is -2.18. The van der Waals surface area contributed by atoms with Crippen LogP contribution in [-0.4, -0.2) is 29.9 Å². The molecule has 0 aromatic heterocycles. The third-order valence-electron chi connectivity index (χ3n) is 4.26. The Morgan fingerprint density at radius 1 is 1.12 bits per heavy atom. The molecule has 0 aliphatic rings. The summed E-state index contributed by atoms with van der Waals surface area (Å²) in [7, 11) is 3.04. The molecule has 0 saturated carbocycles. The van der Waals surface area contributed by atoms with E-state index in [4.69, 9.17) is 4.74 Å². The largest absolute Gasteiger partial charge is 0.490 e. The summed E-state index contributed by atoms with van der Waals surface area (Å²) in [5, 5.41) is 13.3. The van der Waals surface area contributed by atoms with Crippen LogP contribution < -0.4 is 4.74 Å². The molecule has 0 saturated heterocycles. The summed E-state index contributed by atoms with van der Waals surface area (Å²) in [6, 6.07) is 18.1. The first kappa shape index (κ1) is 17.4. The van der Waals surface area contributed by atoms with Gasteiger partial charge in [-0.05, 0) is 28.5 Å². The highest BCUT2D eigenvalue weighted by molar-refractivity contribution is 5.95. The highest BCUT2D eigenvalue weighted by Crippen LogP contribution is 2.28. The van der Waals surface area contributed by atoms with E-state index in [9.17, 15) is 14.9 Å². The van der Waals surface area contributed by atoms with E-state index in [0.29, 0.717) is 6.54 Å². The van der Waals surface area contributed by atoms with Crippen LogP contribution in [0.1, 0.15) is 15.9 Å². The second-order valence-electron chi connectivity index (χ2n) is 5.94. The molecule has 0 aliphatic heterocycles. The third kappa shape index (κ3) is 3.35. The zero-order valence-electron chi connectivity index (χ0n) is 14.5. The molecule has 0 aliphatic carbocycles. The monoisotopic (exact) mass is 350 g/mol. The van der Waals surface area contributed by atoms with E-state index < -0.39 is 4.92 Å². The summed E-state index contributed by atoms with van der Waals surface area (Å²) in [6.07, 6.45) is 0. The van der Waals surface area contributed by atoms with Crippen molar-refractivity contribution < 1.29 is 14.5 Å². The number of amides is 1. The van der Waals surface area contributed by atoms with Crippen molar-refractivity contribution in [1.82, 2.24) is 4.90 Å². The molecule has 0 heterocycles. The number of hydrogen-bond acceptors (Lipinski definition) is 4. The number of nitro groups is 1. The zero-order chi connectivity index (χ0) is 18.7. The van der Waals surface area contributed by atoms with E-state index in [-0.39, 0.29) is 22.9 Å². The molecule has 0 N–H and O–H groups in total. The quantitative estimate of drug-likeness (QED) is 0.514. The van der Waals surface area contributed by atoms with Gasteiger partial charge in [-0.2, -0.15) is 0 Å². The minimum absolute atomic E-state index is 0.128. The zero-order valence-corrected chi connectivity index (χ0v) is 14.5. The van der Waals surface area contributed by atoms with Crippen LogP contribution in [0.15, 0.2) is 60.7 Å². The van der Waals surface area contributed by atoms with E-state index >= 15 is 0 Å². The Bertz CT molecular complexity index is 979. The molecule has 0 bridgehead atoms. The predicted octanol–water partition coefficient (Wildman–Crippen LogP) is 4.03.